The number of nitrogens with two attached hydrogens (primary N) is 1. The molecule has 14 heavy (non-hydrogen) atoms. The van der Waals surface area contributed by atoms with E-state index in [0.717, 1.165) is 35.9 Å². The first kappa shape index (κ1) is 11.3. The van der Waals surface area contributed by atoms with Crippen molar-refractivity contribution in [3.05, 3.63) is 6.20 Å². The van der Waals surface area contributed by atoms with Gasteiger partial charge in [-0.1, -0.05) is 11.3 Å². The van der Waals surface area contributed by atoms with Gasteiger partial charge in [-0.15, -0.1) is 0 Å². The lowest BCUT2D eigenvalue weighted by molar-refractivity contribution is 0.283. The predicted molar refractivity (Wildman–Crippen MR) is 60.7 cm³/mol. The van der Waals surface area contributed by atoms with E-state index >= 15 is 0 Å². The summed E-state index contributed by atoms with van der Waals surface area (Å²) in [5, 5.41) is 10.3. The lowest BCUT2D eigenvalue weighted by atomic mass is 10.2. The number of unbranched alkanes of at least 4 members (excludes halogenated alkanes) is 2. The maximum absolute atomic E-state index is 8.61. The fraction of sp³-hybridized carbons (Fsp3) is 0.667. The third-order valence-corrected chi connectivity index (χ3v) is 2.93. The third kappa shape index (κ3) is 3.51. The Balaban J connectivity index is 2.25. The quantitative estimate of drug-likeness (QED) is 0.703. The molecule has 3 N–H and O–H groups in total. The van der Waals surface area contributed by atoms with E-state index in [2.05, 4.69) is 9.88 Å². The first-order valence-electron chi connectivity index (χ1n) is 4.77. The van der Waals surface area contributed by atoms with Gasteiger partial charge in [0.2, 0.25) is 0 Å². The molecule has 0 aliphatic rings. The SMILES string of the molecule is CN(CCCCCO)c1ncc(N)s1. The molecule has 0 unspecified atom stereocenters. The molecule has 0 radical (unpaired) electrons. The summed E-state index contributed by atoms with van der Waals surface area (Å²) in [6.07, 6.45) is 4.70. The highest BCUT2D eigenvalue weighted by atomic mass is 32.1. The van der Waals surface area contributed by atoms with Crippen molar-refractivity contribution in [1.29, 1.82) is 0 Å². The molecule has 0 amide bonds. The van der Waals surface area contributed by atoms with Crippen LogP contribution in [0.15, 0.2) is 6.20 Å². The van der Waals surface area contributed by atoms with Crippen LogP contribution in [0, 0.1) is 0 Å². The lowest BCUT2D eigenvalue weighted by Gasteiger charge is -2.14. The number of nitrogen functional groups attached to an aromatic ring is 1. The van der Waals surface area contributed by atoms with Crippen molar-refractivity contribution < 1.29 is 5.11 Å². The topological polar surface area (TPSA) is 62.4 Å². The molecule has 0 saturated heterocycles. The van der Waals surface area contributed by atoms with Gasteiger partial charge >= 0.3 is 0 Å². The second kappa shape index (κ2) is 5.82. The molecule has 0 atom stereocenters. The first-order valence-corrected chi connectivity index (χ1v) is 5.59. The van der Waals surface area contributed by atoms with E-state index in [-0.39, 0.29) is 6.61 Å². The van der Waals surface area contributed by atoms with E-state index in [1.54, 1.807) is 6.20 Å². The van der Waals surface area contributed by atoms with E-state index in [0.29, 0.717) is 0 Å². The molecule has 5 heteroatoms. The van der Waals surface area contributed by atoms with Gasteiger partial charge in [0.25, 0.3) is 0 Å². The van der Waals surface area contributed by atoms with E-state index < -0.39 is 0 Å². The molecule has 80 valence electrons. The lowest BCUT2D eigenvalue weighted by Crippen LogP contribution is -2.18. The second-order valence-corrected chi connectivity index (χ2v) is 4.29. The van der Waals surface area contributed by atoms with Gasteiger partial charge in [-0.05, 0) is 19.3 Å². The molecule has 0 aliphatic carbocycles. The van der Waals surface area contributed by atoms with Crippen molar-refractivity contribution in [2.24, 2.45) is 0 Å². The number of rotatable bonds is 6. The highest BCUT2D eigenvalue weighted by Crippen LogP contribution is 2.22. The molecule has 0 bridgehead atoms. The largest absolute Gasteiger partial charge is 0.396 e. The molecule has 0 aliphatic heterocycles. The van der Waals surface area contributed by atoms with E-state index in [1.165, 1.54) is 11.3 Å². The average Bonchev–Trinajstić information content (AvgIpc) is 2.59. The molecule has 0 fully saturated rings. The van der Waals surface area contributed by atoms with Crippen molar-refractivity contribution in [3.63, 3.8) is 0 Å². The first-order chi connectivity index (χ1) is 6.74. The number of anilines is 2. The highest BCUT2D eigenvalue weighted by molar-refractivity contribution is 7.19. The van der Waals surface area contributed by atoms with Crippen LogP contribution in [0.5, 0.6) is 0 Å². The van der Waals surface area contributed by atoms with E-state index in [9.17, 15) is 0 Å². The minimum Gasteiger partial charge on any atom is -0.396 e. The van der Waals surface area contributed by atoms with Crippen LogP contribution < -0.4 is 10.6 Å². The number of nitrogens with zero attached hydrogens (tertiary/aromatic N) is 2. The van der Waals surface area contributed by atoms with Crippen LogP contribution >= 0.6 is 11.3 Å². The van der Waals surface area contributed by atoms with Crippen LogP contribution in [0.2, 0.25) is 0 Å². The van der Waals surface area contributed by atoms with Crippen LogP contribution in [0.25, 0.3) is 0 Å². The van der Waals surface area contributed by atoms with Gasteiger partial charge in [0.05, 0.1) is 6.20 Å². The van der Waals surface area contributed by atoms with Gasteiger partial charge in [-0.3, -0.25) is 0 Å². The molecule has 1 heterocycles. The molecule has 0 saturated carbocycles. The Morgan fingerprint density at radius 2 is 2.29 bits per heavy atom. The van der Waals surface area contributed by atoms with Gasteiger partial charge < -0.3 is 15.7 Å². The van der Waals surface area contributed by atoms with Crippen LogP contribution in [0.3, 0.4) is 0 Å². The fourth-order valence-electron chi connectivity index (χ4n) is 1.19. The zero-order valence-electron chi connectivity index (χ0n) is 8.44. The monoisotopic (exact) mass is 215 g/mol. The van der Waals surface area contributed by atoms with Crippen molar-refractivity contribution in [2.75, 3.05) is 30.8 Å². The number of hydrogen-bond acceptors (Lipinski definition) is 5. The second-order valence-electron chi connectivity index (χ2n) is 3.25. The zero-order chi connectivity index (χ0) is 10.4. The number of aliphatic hydroxyl groups is 1. The van der Waals surface area contributed by atoms with Gasteiger partial charge in [-0.25, -0.2) is 4.98 Å². The van der Waals surface area contributed by atoms with Gasteiger partial charge in [0, 0.05) is 20.2 Å². The normalized spacial score (nSPS) is 10.4. The van der Waals surface area contributed by atoms with Crippen molar-refractivity contribution in [3.8, 4) is 0 Å². The maximum Gasteiger partial charge on any atom is 0.186 e. The Hall–Kier alpha value is -0.810. The standard InChI is InChI=1S/C9H17N3OS/c1-12(5-3-2-4-6-13)9-11-7-8(10)14-9/h7,13H,2-6,10H2,1H3. The molecular formula is C9H17N3OS. The van der Waals surface area contributed by atoms with E-state index in [4.69, 9.17) is 10.8 Å². The molecule has 1 rings (SSSR count). The molecule has 0 aromatic carbocycles. The smallest absolute Gasteiger partial charge is 0.186 e. The molecule has 0 spiro atoms. The Morgan fingerprint density at radius 1 is 1.50 bits per heavy atom. The Bertz CT molecular complexity index is 264. The molecule has 1 aromatic rings. The van der Waals surface area contributed by atoms with E-state index in [1.807, 2.05) is 7.05 Å². The van der Waals surface area contributed by atoms with Crippen molar-refractivity contribution in [1.82, 2.24) is 4.98 Å². The van der Waals surface area contributed by atoms with Crippen LogP contribution in [-0.2, 0) is 0 Å². The summed E-state index contributed by atoms with van der Waals surface area (Å²) in [5.41, 5.74) is 5.59. The van der Waals surface area contributed by atoms with Crippen molar-refractivity contribution >= 4 is 21.5 Å². The van der Waals surface area contributed by atoms with Gasteiger partial charge in [0.15, 0.2) is 5.13 Å². The minimum absolute atomic E-state index is 0.286. The molecule has 1 aromatic heterocycles. The van der Waals surface area contributed by atoms with Crippen LogP contribution in [0.1, 0.15) is 19.3 Å². The summed E-state index contributed by atoms with van der Waals surface area (Å²) in [6.45, 7) is 1.25. The molecule has 4 nitrogen and oxygen atoms in total. The van der Waals surface area contributed by atoms with Crippen molar-refractivity contribution in [2.45, 2.75) is 19.3 Å². The predicted octanol–water partition coefficient (Wildman–Crippen LogP) is 1.32. The van der Waals surface area contributed by atoms with Gasteiger partial charge in [-0.2, -0.15) is 0 Å². The summed E-state index contributed by atoms with van der Waals surface area (Å²) in [5.74, 6) is 0. The Labute approximate surface area is 88.4 Å². The summed E-state index contributed by atoms with van der Waals surface area (Å²) in [4.78, 5) is 6.28. The number of aromatic nitrogens is 1. The highest BCUT2D eigenvalue weighted by Gasteiger charge is 2.04. The zero-order valence-corrected chi connectivity index (χ0v) is 9.26. The third-order valence-electron chi connectivity index (χ3n) is 1.99. The maximum atomic E-state index is 8.61. The summed E-state index contributed by atoms with van der Waals surface area (Å²) in [6, 6.07) is 0. The van der Waals surface area contributed by atoms with Gasteiger partial charge in [0.1, 0.15) is 5.00 Å². The minimum atomic E-state index is 0.286. The summed E-state index contributed by atoms with van der Waals surface area (Å²) >= 11 is 1.50. The summed E-state index contributed by atoms with van der Waals surface area (Å²) < 4.78 is 0. The summed E-state index contributed by atoms with van der Waals surface area (Å²) in [7, 11) is 2.01. The fourth-order valence-corrected chi connectivity index (χ4v) is 1.86. The Morgan fingerprint density at radius 3 is 2.86 bits per heavy atom. The number of hydrogen-bond donors (Lipinski definition) is 2. The average molecular weight is 215 g/mol. The van der Waals surface area contributed by atoms with Crippen LogP contribution in [0.4, 0.5) is 10.1 Å². The molecular weight excluding hydrogens is 198 g/mol. The Kier molecular flexibility index (Phi) is 4.69. The number of aliphatic hydroxyl groups excluding tert-OH is 1. The number of thiazole rings is 1. The van der Waals surface area contributed by atoms with Crippen LogP contribution in [-0.4, -0.2) is 30.3 Å².